The van der Waals surface area contributed by atoms with E-state index < -0.39 is 12.2 Å². The Morgan fingerprint density at radius 3 is 2.93 bits per heavy atom. The van der Waals surface area contributed by atoms with Gasteiger partial charge in [-0.1, -0.05) is 12.1 Å². The van der Waals surface area contributed by atoms with E-state index >= 15 is 0 Å². The number of nitrogens with zero attached hydrogens (tertiary/aromatic N) is 1. The first-order valence-electron chi connectivity index (χ1n) is 9.53. The summed E-state index contributed by atoms with van der Waals surface area (Å²) >= 11 is 0. The van der Waals surface area contributed by atoms with Gasteiger partial charge in [0, 0.05) is 12.2 Å². The number of para-hydroxylation sites is 2. The fourth-order valence-electron chi connectivity index (χ4n) is 3.29. The second-order valence-electron chi connectivity index (χ2n) is 6.90. The van der Waals surface area contributed by atoms with Gasteiger partial charge < -0.3 is 19.8 Å². The first kappa shape index (κ1) is 19.3. The minimum atomic E-state index is -2.70. The number of imidazole rings is 1. The number of carbonyl (C=O) groups is 1. The van der Waals surface area contributed by atoms with E-state index in [-0.39, 0.29) is 12.0 Å². The third-order valence-electron chi connectivity index (χ3n) is 4.80. The lowest BCUT2D eigenvalue weighted by molar-refractivity contribution is -0.0109. The minimum absolute atomic E-state index is 0.0549. The van der Waals surface area contributed by atoms with Gasteiger partial charge in [-0.2, -0.15) is 0 Å². The number of carbonyl (C=O) groups excluding carboxylic acids is 1. The first-order chi connectivity index (χ1) is 14.1. The van der Waals surface area contributed by atoms with Crippen molar-refractivity contribution in [2.24, 2.45) is 0 Å². The molecular weight excluding hydrogens is 380 g/mol. The van der Waals surface area contributed by atoms with Crippen LogP contribution in [0.15, 0.2) is 42.5 Å². The van der Waals surface area contributed by atoms with Gasteiger partial charge in [0.25, 0.3) is 12.3 Å². The lowest BCUT2D eigenvalue weighted by atomic mass is 10.1. The zero-order valence-electron chi connectivity index (χ0n) is 15.7. The number of alkyl halides is 2. The molecule has 1 amide bonds. The van der Waals surface area contributed by atoms with E-state index in [4.69, 9.17) is 9.47 Å². The fraction of sp³-hybridized carbons (Fsp3) is 0.333. The number of amides is 1. The Hall–Kier alpha value is -3.00. The number of fused-ring (bicyclic) bond motifs is 1. The van der Waals surface area contributed by atoms with Crippen LogP contribution in [0.4, 0.5) is 14.5 Å². The maximum absolute atomic E-state index is 12.8. The number of halogens is 2. The van der Waals surface area contributed by atoms with Crippen LogP contribution in [0.2, 0.25) is 0 Å². The van der Waals surface area contributed by atoms with Crippen LogP contribution in [0.25, 0.3) is 11.0 Å². The van der Waals surface area contributed by atoms with Crippen molar-refractivity contribution in [3.8, 4) is 5.75 Å². The molecule has 1 aliphatic heterocycles. The standard InChI is InChI=1S/C21H21F2N3O3/c22-19(23)20-24-15-9-8-13(11-17(15)25-20)21(27)26-16-6-1-2-7-18(16)29-12-14-5-3-4-10-28-14/h1-2,6-9,11,14,19H,3-5,10,12H2,(H,24,25)(H,26,27). The van der Waals surface area contributed by atoms with Crippen LogP contribution in [0.5, 0.6) is 5.75 Å². The highest BCUT2D eigenvalue weighted by Gasteiger charge is 2.17. The molecule has 3 aromatic rings. The molecule has 152 valence electrons. The van der Waals surface area contributed by atoms with Gasteiger partial charge in [-0.3, -0.25) is 4.79 Å². The second kappa shape index (κ2) is 8.57. The Morgan fingerprint density at radius 1 is 1.28 bits per heavy atom. The number of ether oxygens (including phenoxy) is 2. The summed E-state index contributed by atoms with van der Waals surface area (Å²) in [5.41, 5.74) is 1.62. The summed E-state index contributed by atoms with van der Waals surface area (Å²) in [5, 5.41) is 2.82. The van der Waals surface area contributed by atoms with Crippen molar-refractivity contribution in [1.29, 1.82) is 0 Å². The Balaban J connectivity index is 1.47. The molecule has 4 rings (SSSR count). The van der Waals surface area contributed by atoms with Gasteiger partial charge in [-0.15, -0.1) is 0 Å². The molecule has 1 atom stereocenters. The average molecular weight is 401 g/mol. The number of aromatic amines is 1. The number of hydrogen-bond acceptors (Lipinski definition) is 4. The van der Waals surface area contributed by atoms with Gasteiger partial charge in [0.05, 0.1) is 22.8 Å². The Morgan fingerprint density at radius 2 is 2.14 bits per heavy atom. The smallest absolute Gasteiger partial charge is 0.295 e. The molecule has 1 aliphatic rings. The fourth-order valence-corrected chi connectivity index (χ4v) is 3.29. The topological polar surface area (TPSA) is 76.2 Å². The summed E-state index contributed by atoms with van der Waals surface area (Å²) < 4.78 is 37.2. The average Bonchev–Trinajstić information content (AvgIpc) is 3.18. The van der Waals surface area contributed by atoms with E-state index in [0.29, 0.717) is 34.6 Å². The van der Waals surface area contributed by atoms with Gasteiger partial charge in [-0.25, -0.2) is 13.8 Å². The number of benzene rings is 2. The molecule has 1 unspecified atom stereocenters. The van der Waals surface area contributed by atoms with Crippen LogP contribution in [-0.2, 0) is 4.74 Å². The van der Waals surface area contributed by atoms with E-state index in [2.05, 4.69) is 15.3 Å². The summed E-state index contributed by atoms with van der Waals surface area (Å²) in [6.07, 6.45) is 0.508. The summed E-state index contributed by atoms with van der Waals surface area (Å²) in [4.78, 5) is 19.0. The van der Waals surface area contributed by atoms with E-state index in [1.165, 1.54) is 12.1 Å². The maximum Gasteiger partial charge on any atom is 0.295 e. The summed E-state index contributed by atoms with van der Waals surface area (Å²) in [7, 11) is 0. The summed E-state index contributed by atoms with van der Waals surface area (Å²) in [6.45, 7) is 1.17. The molecule has 1 saturated heterocycles. The molecule has 2 aromatic carbocycles. The predicted octanol–water partition coefficient (Wildman–Crippen LogP) is 4.70. The second-order valence-corrected chi connectivity index (χ2v) is 6.90. The van der Waals surface area contributed by atoms with Gasteiger partial charge in [0.15, 0.2) is 5.82 Å². The van der Waals surface area contributed by atoms with E-state index in [1.54, 1.807) is 24.3 Å². The number of nitrogens with one attached hydrogen (secondary N) is 2. The maximum atomic E-state index is 12.8. The van der Waals surface area contributed by atoms with Gasteiger partial charge in [0.2, 0.25) is 0 Å². The molecule has 2 heterocycles. The van der Waals surface area contributed by atoms with Crippen LogP contribution in [0.3, 0.4) is 0 Å². The van der Waals surface area contributed by atoms with E-state index in [0.717, 1.165) is 25.9 Å². The molecular formula is C21H21F2N3O3. The molecule has 6 nitrogen and oxygen atoms in total. The van der Waals surface area contributed by atoms with Crippen molar-refractivity contribution in [2.75, 3.05) is 18.5 Å². The van der Waals surface area contributed by atoms with Crippen LogP contribution in [-0.4, -0.2) is 35.2 Å². The van der Waals surface area contributed by atoms with E-state index in [1.807, 2.05) is 6.07 Å². The number of hydrogen-bond donors (Lipinski definition) is 2. The highest BCUT2D eigenvalue weighted by Crippen LogP contribution is 2.26. The number of H-pyrrole nitrogens is 1. The molecule has 0 aliphatic carbocycles. The lowest BCUT2D eigenvalue weighted by Gasteiger charge is -2.23. The van der Waals surface area contributed by atoms with Crippen molar-refractivity contribution in [3.63, 3.8) is 0 Å². The van der Waals surface area contributed by atoms with E-state index in [9.17, 15) is 13.6 Å². The highest BCUT2D eigenvalue weighted by molar-refractivity contribution is 6.06. The van der Waals surface area contributed by atoms with Crippen LogP contribution in [0, 0.1) is 0 Å². The number of aromatic nitrogens is 2. The largest absolute Gasteiger partial charge is 0.489 e. The molecule has 0 bridgehead atoms. The quantitative estimate of drug-likeness (QED) is 0.628. The van der Waals surface area contributed by atoms with Crippen molar-refractivity contribution < 1.29 is 23.0 Å². The first-order valence-corrected chi connectivity index (χ1v) is 9.53. The molecule has 1 fully saturated rings. The van der Waals surface area contributed by atoms with Crippen LogP contribution < -0.4 is 10.1 Å². The Bertz CT molecular complexity index is 1000. The third-order valence-corrected chi connectivity index (χ3v) is 4.80. The van der Waals surface area contributed by atoms with Crippen LogP contribution >= 0.6 is 0 Å². The molecule has 29 heavy (non-hydrogen) atoms. The zero-order chi connectivity index (χ0) is 20.2. The van der Waals surface area contributed by atoms with Crippen molar-refractivity contribution in [3.05, 3.63) is 53.9 Å². The van der Waals surface area contributed by atoms with Crippen molar-refractivity contribution >= 4 is 22.6 Å². The molecule has 0 saturated carbocycles. The molecule has 1 aromatic heterocycles. The van der Waals surface area contributed by atoms with Gasteiger partial charge >= 0.3 is 0 Å². The monoisotopic (exact) mass is 401 g/mol. The van der Waals surface area contributed by atoms with Crippen molar-refractivity contribution in [2.45, 2.75) is 31.8 Å². The molecule has 8 heteroatoms. The van der Waals surface area contributed by atoms with Gasteiger partial charge in [-0.05, 0) is 49.6 Å². The lowest BCUT2D eigenvalue weighted by Crippen LogP contribution is -2.26. The summed E-state index contributed by atoms with van der Waals surface area (Å²) in [6, 6.07) is 11.7. The minimum Gasteiger partial charge on any atom is -0.489 e. The molecule has 2 N–H and O–H groups in total. The van der Waals surface area contributed by atoms with Crippen molar-refractivity contribution in [1.82, 2.24) is 9.97 Å². The zero-order valence-corrected chi connectivity index (χ0v) is 15.7. The SMILES string of the molecule is O=C(Nc1ccccc1OCC1CCCCO1)c1ccc2nc(C(F)F)[nH]c2c1. The molecule has 0 spiro atoms. The highest BCUT2D eigenvalue weighted by atomic mass is 19.3. The van der Waals surface area contributed by atoms with Crippen LogP contribution in [0.1, 0.15) is 41.9 Å². The molecule has 0 radical (unpaired) electrons. The third kappa shape index (κ3) is 4.54. The predicted molar refractivity (Wildman–Crippen MR) is 105 cm³/mol. The normalized spacial score (nSPS) is 16.9. The number of anilines is 1. The Kier molecular flexibility index (Phi) is 5.71. The summed E-state index contributed by atoms with van der Waals surface area (Å²) in [5.74, 6) is -0.232. The Labute approximate surface area is 166 Å². The van der Waals surface area contributed by atoms with Gasteiger partial charge in [0.1, 0.15) is 12.4 Å². The number of rotatable bonds is 6.